The number of nitrogens with zero attached hydrogens (tertiary/aromatic N) is 2. The normalized spacial score (nSPS) is 17.6. The van der Waals surface area contributed by atoms with E-state index in [4.69, 9.17) is 0 Å². The van der Waals surface area contributed by atoms with Crippen LogP contribution in [0.15, 0.2) is 47.7 Å². The summed E-state index contributed by atoms with van der Waals surface area (Å²) in [5.41, 5.74) is 6.85. The van der Waals surface area contributed by atoms with Crippen molar-refractivity contribution in [1.29, 1.82) is 0 Å². The van der Waals surface area contributed by atoms with E-state index in [1.165, 1.54) is 40.9 Å². The summed E-state index contributed by atoms with van der Waals surface area (Å²) >= 11 is 0. The lowest BCUT2D eigenvalue weighted by atomic mass is 9.97. The molecule has 1 aliphatic rings. The summed E-state index contributed by atoms with van der Waals surface area (Å²) in [5, 5.41) is 4.57. The first-order valence-corrected chi connectivity index (χ1v) is 9.62. The molecule has 2 nitrogen and oxygen atoms in total. The number of hydrogen-bond donors (Lipinski definition) is 0. The van der Waals surface area contributed by atoms with Gasteiger partial charge in [0.1, 0.15) is 0 Å². The SMILES string of the molecule is CC1=CCC(C(C)/C=C\C=C(/C)n2ncc(C)c2CC(C)C)=CCC1. The Labute approximate surface area is 154 Å². The van der Waals surface area contributed by atoms with Gasteiger partial charge >= 0.3 is 0 Å². The van der Waals surface area contributed by atoms with Crippen LogP contribution in [-0.4, -0.2) is 9.78 Å². The zero-order chi connectivity index (χ0) is 18.4. The molecule has 1 atom stereocenters. The smallest absolute Gasteiger partial charge is 0.0526 e. The number of rotatable bonds is 6. The highest BCUT2D eigenvalue weighted by Crippen LogP contribution is 2.24. The molecule has 0 radical (unpaired) electrons. The van der Waals surface area contributed by atoms with Gasteiger partial charge in [-0.25, -0.2) is 4.68 Å². The molecular weight excluding hydrogens is 304 g/mol. The second-order valence-corrected chi connectivity index (χ2v) is 7.84. The highest BCUT2D eigenvalue weighted by Gasteiger charge is 2.10. The first-order valence-electron chi connectivity index (χ1n) is 9.62. The Morgan fingerprint density at radius 1 is 1.24 bits per heavy atom. The van der Waals surface area contributed by atoms with Crippen LogP contribution in [0.5, 0.6) is 0 Å². The van der Waals surface area contributed by atoms with E-state index in [0.717, 1.165) is 12.8 Å². The Morgan fingerprint density at radius 2 is 2.00 bits per heavy atom. The van der Waals surface area contributed by atoms with Crippen LogP contribution in [0.4, 0.5) is 0 Å². The van der Waals surface area contributed by atoms with Crippen LogP contribution in [0.25, 0.3) is 5.70 Å². The molecule has 136 valence electrons. The zero-order valence-electron chi connectivity index (χ0n) is 16.8. The summed E-state index contributed by atoms with van der Waals surface area (Å²) in [4.78, 5) is 0. The van der Waals surface area contributed by atoms with E-state index in [1.54, 1.807) is 0 Å². The van der Waals surface area contributed by atoms with Crippen molar-refractivity contribution in [2.24, 2.45) is 11.8 Å². The highest BCUT2D eigenvalue weighted by atomic mass is 15.3. The van der Waals surface area contributed by atoms with Crippen molar-refractivity contribution in [3.63, 3.8) is 0 Å². The third kappa shape index (κ3) is 5.59. The summed E-state index contributed by atoms with van der Waals surface area (Å²) in [6.45, 7) is 13.3. The third-order valence-corrected chi connectivity index (χ3v) is 4.97. The maximum atomic E-state index is 4.57. The van der Waals surface area contributed by atoms with Crippen LogP contribution in [0.1, 0.15) is 65.1 Å². The second kappa shape index (κ2) is 9.03. The standard InChI is InChI=1S/C23H34N2/c1-17(2)15-23-20(5)16-24-25(23)21(6)11-8-10-19(4)22-12-7-9-18(3)13-14-22/h8,10-13,16-17,19H,7,9,14-15H2,1-6H3/b10-8-,21-11+. The number of aromatic nitrogens is 2. The first-order chi connectivity index (χ1) is 11.9. The van der Waals surface area contributed by atoms with Gasteiger partial charge in [-0.3, -0.25) is 0 Å². The third-order valence-electron chi connectivity index (χ3n) is 4.97. The van der Waals surface area contributed by atoms with Gasteiger partial charge in [0.2, 0.25) is 0 Å². The van der Waals surface area contributed by atoms with Crippen LogP contribution in [-0.2, 0) is 6.42 Å². The van der Waals surface area contributed by atoms with Crippen molar-refractivity contribution in [1.82, 2.24) is 9.78 Å². The summed E-state index contributed by atoms with van der Waals surface area (Å²) < 4.78 is 2.10. The molecule has 2 heteroatoms. The van der Waals surface area contributed by atoms with Crippen molar-refractivity contribution in [2.45, 2.75) is 67.2 Å². The van der Waals surface area contributed by atoms with Crippen LogP contribution >= 0.6 is 0 Å². The van der Waals surface area contributed by atoms with Gasteiger partial charge in [-0.1, -0.05) is 56.2 Å². The van der Waals surface area contributed by atoms with Crippen molar-refractivity contribution in [3.05, 3.63) is 59.0 Å². The van der Waals surface area contributed by atoms with Gasteiger partial charge in [0.15, 0.2) is 0 Å². The molecule has 0 aromatic carbocycles. The maximum Gasteiger partial charge on any atom is 0.0526 e. The molecule has 1 aromatic rings. The van der Waals surface area contributed by atoms with Gasteiger partial charge in [0, 0.05) is 11.4 Å². The Kier molecular flexibility index (Phi) is 7.04. The van der Waals surface area contributed by atoms with Gasteiger partial charge in [-0.15, -0.1) is 0 Å². The van der Waals surface area contributed by atoms with E-state index in [2.05, 4.69) is 81.7 Å². The molecule has 1 aliphatic carbocycles. The predicted molar refractivity (Wildman–Crippen MR) is 109 cm³/mol. The fraction of sp³-hybridized carbons (Fsp3) is 0.522. The lowest BCUT2D eigenvalue weighted by molar-refractivity contribution is 0.616. The van der Waals surface area contributed by atoms with E-state index < -0.39 is 0 Å². The Balaban J connectivity index is 2.08. The van der Waals surface area contributed by atoms with E-state index >= 15 is 0 Å². The Bertz CT molecular complexity index is 696. The molecule has 0 saturated carbocycles. The van der Waals surface area contributed by atoms with E-state index in [-0.39, 0.29) is 0 Å². The number of allylic oxidation sites excluding steroid dienone is 8. The quantitative estimate of drug-likeness (QED) is 0.427. The van der Waals surface area contributed by atoms with Crippen molar-refractivity contribution in [2.75, 3.05) is 0 Å². The van der Waals surface area contributed by atoms with Crippen LogP contribution in [0, 0.1) is 18.8 Å². The largest absolute Gasteiger partial charge is 0.242 e. The maximum absolute atomic E-state index is 4.57. The monoisotopic (exact) mass is 338 g/mol. The van der Waals surface area contributed by atoms with Gasteiger partial charge in [-0.05, 0) is 69.9 Å². The van der Waals surface area contributed by atoms with Crippen LogP contribution in [0.3, 0.4) is 0 Å². The highest BCUT2D eigenvalue weighted by molar-refractivity contribution is 5.47. The first kappa shape index (κ1) is 19.5. The molecule has 0 saturated heterocycles. The molecule has 1 unspecified atom stereocenters. The molecule has 0 bridgehead atoms. The second-order valence-electron chi connectivity index (χ2n) is 7.84. The van der Waals surface area contributed by atoms with Gasteiger partial charge in [0.25, 0.3) is 0 Å². The summed E-state index contributed by atoms with van der Waals surface area (Å²) in [5.74, 6) is 1.12. The summed E-state index contributed by atoms with van der Waals surface area (Å²) in [6.07, 6.45) is 18.0. The molecular formula is C23H34N2. The van der Waals surface area contributed by atoms with Crippen LogP contribution in [0.2, 0.25) is 0 Å². The molecule has 0 fully saturated rings. The van der Waals surface area contributed by atoms with Gasteiger partial charge in [-0.2, -0.15) is 5.10 Å². The molecule has 1 heterocycles. The topological polar surface area (TPSA) is 17.8 Å². The lowest BCUT2D eigenvalue weighted by Gasteiger charge is -2.11. The molecule has 0 N–H and O–H groups in total. The number of hydrogen-bond acceptors (Lipinski definition) is 1. The average molecular weight is 339 g/mol. The minimum absolute atomic E-state index is 0.487. The zero-order valence-corrected chi connectivity index (χ0v) is 16.8. The fourth-order valence-corrected chi connectivity index (χ4v) is 3.28. The lowest BCUT2D eigenvalue weighted by Crippen LogP contribution is -2.06. The molecule has 0 amide bonds. The summed E-state index contributed by atoms with van der Waals surface area (Å²) in [7, 11) is 0. The molecule has 25 heavy (non-hydrogen) atoms. The number of aryl methyl sites for hydroxylation is 1. The van der Waals surface area contributed by atoms with Crippen LogP contribution < -0.4 is 0 Å². The minimum atomic E-state index is 0.487. The van der Waals surface area contributed by atoms with E-state index in [9.17, 15) is 0 Å². The van der Waals surface area contributed by atoms with Crippen molar-refractivity contribution in [3.8, 4) is 0 Å². The average Bonchev–Trinajstić information content (AvgIpc) is 2.77. The van der Waals surface area contributed by atoms with E-state index in [1.807, 2.05) is 6.20 Å². The molecule has 0 spiro atoms. The fourth-order valence-electron chi connectivity index (χ4n) is 3.28. The van der Waals surface area contributed by atoms with Crippen molar-refractivity contribution < 1.29 is 0 Å². The molecule has 1 aromatic heterocycles. The molecule has 0 aliphatic heterocycles. The minimum Gasteiger partial charge on any atom is -0.242 e. The molecule has 2 rings (SSSR count). The Morgan fingerprint density at radius 3 is 2.72 bits per heavy atom. The van der Waals surface area contributed by atoms with Gasteiger partial charge < -0.3 is 0 Å². The van der Waals surface area contributed by atoms with Crippen molar-refractivity contribution >= 4 is 5.70 Å². The van der Waals surface area contributed by atoms with E-state index in [0.29, 0.717) is 11.8 Å². The predicted octanol–water partition coefficient (Wildman–Crippen LogP) is 6.50. The Hall–Kier alpha value is -1.83. The van der Waals surface area contributed by atoms with Gasteiger partial charge in [0.05, 0.1) is 6.20 Å². The summed E-state index contributed by atoms with van der Waals surface area (Å²) in [6, 6.07) is 0.